The maximum absolute atomic E-state index is 6.96. The van der Waals surface area contributed by atoms with E-state index >= 15 is 0 Å². The molecule has 2 nitrogen and oxygen atoms in total. The van der Waals surface area contributed by atoms with Crippen molar-refractivity contribution in [2.24, 2.45) is 16.8 Å². The number of para-hydroxylation sites is 1. The van der Waals surface area contributed by atoms with Crippen LogP contribution in [-0.2, 0) is 0 Å². The molecule has 4 atom stereocenters. The van der Waals surface area contributed by atoms with E-state index in [0.717, 1.165) is 31.4 Å². The fourth-order valence-corrected chi connectivity index (χ4v) is 11.0. The minimum absolute atomic E-state index is 0.0478. The highest BCUT2D eigenvalue weighted by Gasteiger charge is 2.38. The Morgan fingerprint density at radius 3 is 2.07 bits per heavy atom. The number of fused-ring (bicyclic) bond motifs is 4. The van der Waals surface area contributed by atoms with Crippen LogP contribution in [0.25, 0.3) is 49.6 Å². The number of hydrogen-bond donors (Lipinski definition) is 0. The molecule has 3 heteroatoms. The molecule has 0 spiro atoms. The largest absolute Gasteiger partial charge is 0.485 e. The van der Waals surface area contributed by atoms with Crippen LogP contribution in [0.5, 0.6) is 5.75 Å². The first kappa shape index (κ1) is 40.4. The van der Waals surface area contributed by atoms with Crippen LogP contribution in [0.3, 0.4) is 0 Å². The Labute approximate surface area is 366 Å². The molecule has 0 fully saturated rings. The molecule has 6 aromatic carbocycles. The second-order valence-electron chi connectivity index (χ2n) is 16.7. The van der Waals surface area contributed by atoms with Gasteiger partial charge in [-0.05, 0) is 113 Å². The Balaban J connectivity index is 1.20. The molecule has 9 rings (SSSR count). The van der Waals surface area contributed by atoms with Crippen molar-refractivity contribution >= 4 is 44.4 Å². The van der Waals surface area contributed by atoms with Crippen LogP contribution >= 0.6 is 11.3 Å². The third-order valence-corrected chi connectivity index (χ3v) is 14.1. The number of aryl methyl sites for hydroxylation is 1. The van der Waals surface area contributed by atoms with Crippen molar-refractivity contribution in [3.05, 3.63) is 202 Å². The van der Waals surface area contributed by atoms with Crippen LogP contribution in [0.2, 0.25) is 0 Å². The topological polar surface area (TPSA) is 21.6 Å². The van der Waals surface area contributed by atoms with Crippen LogP contribution in [0.1, 0.15) is 92.1 Å². The molecule has 0 radical (unpaired) electrons. The van der Waals surface area contributed by atoms with Gasteiger partial charge in [0.05, 0.1) is 6.04 Å². The Morgan fingerprint density at radius 2 is 1.39 bits per heavy atom. The molecule has 0 bridgehead atoms. The highest BCUT2D eigenvalue weighted by atomic mass is 32.1. The number of thiophene rings is 1. The standard InChI is InChI=1S/C58H55NOS/c1-6-20-51(43-32-30-42(31-33-43)40-22-12-9-13-23-40)59-58(44-26-16-11-17-27-44)47(8-3)38(4)49-35-46(36-53-57(49)48-28-18-19-29-52(48)60-53)50-34-45(41-24-14-10-15-25-41)37-55-56(50)39(5)54(61-55)21-7-2/h7,9-19,21-35,37-38,47,51,53H,6,8,20,36H2,1-5H3/b21-7-,59-58-. The Hall–Kier alpha value is -6.03. The van der Waals surface area contributed by atoms with Gasteiger partial charge in [-0.3, -0.25) is 4.99 Å². The zero-order valence-electron chi connectivity index (χ0n) is 36.1. The summed E-state index contributed by atoms with van der Waals surface area (Å²) in [4.78, 5) is 7.18. The van der Waals surface area contributed by atoms with Crippen LogP contribution < -0.4 is 4.74 Å². The van der Waals surface area contributed by atoms with Gasteiger partial charge in [0, 0.05) is 44.2 Å². The van der Waals surface area contributed by atoms with Gasteiger partial charge in [-0.1, -0.05) is 173 Å². The molecule has 1 aliphatic heterocycles. The fourth-order valence-electron chi connectivity index (χ4n) is 9.78. The molecular weight excluding hydrogens is 759 g/mol. The van der Waals surface area contributed by atoms with Gasteiger partial charge in [-0.25, -0.2) is 0 Å². The van der Waals surface area contributed by atoms with Crippen molar-refractivity contribution in [3.63, 3.8) is 0 Å². The normalized spacial score (nSPS) is 16.6. The summed E-state index contributed by atoms with van der Waals surface area (Å²) in [7, 11) is 0. The van der Waals surface area contributed by atoms with Crippen molar-refractivity contribution in [1.29, 1.82) is 0 Å². The van der Waals surface area contributed by atoms with E-state index in [-0.39, 0.29) is 24.0 Å². The molecule has 1 aromatic heterocycles. The minimum Gasteiger partial charge on any atom is -0.485 e. The van der Waals surface area contributed by atoms with Gasteiger partial charge < -0.3 is 4.74 Å². The molecule has 0 saturated heterocycles. The summed E-state index contributed by atoms with van der Waals surface area (Å²) in [5.74, 6) is 1.31. The van der Waals surface area contributed by atoms with Crippen molar-refractivity contribution in [2.75, 3.05) is 0 Å². The zero-order valence-corrected chi connectivity index (χ0v) is 36.9. The van der Waals surface area contributed by atoms with Crippen LogP contribution in [0, 0.1) is 18.8 Å². The second-order valence-corrected chi connectivity index (χ2v) is 17.8. The van der Waals surface area contributed by atoms with Gasteiger partial charge in [0.25, 0.3) is 0 Å². The van der Waals surface area contributed by atoms with Crippen molar-refractivity contribution in [3.8, 4) is 28.0 Å². The lowest BCUT2D eigenvalue weighted by Gasteiger charge is -2.32. The minimum atomic E-state index is -0.0650. The van der Waals surface area contributed by atoms with Crippen LogP contribution in [0.4, 0.5) is 0 Å². The number of hydrogen-bond acceptors (Lipinski definition) is 3. The molecule has 7 aromatic rings. The summed E-state index contributed by atoms with van der Waals surface area (Å²) in [5.41, 5.74) is 16.6. The van der Waals surface area contributed by atoms with E-state index in [0.29, 0.717) is 0 Å². The monoisotopic (exact) mass is 813 g/mol. The molecule has 0 amide bonds. The molecular formula is C58H55NOS. The van der Waals surface area contributed by atoms with E-state index < -0.39 is 0 Å². The van der Waals surface area contributed by atoms with E-state index in [4.69, 9.17) is 9.73 Å². The van der Waals surface area contributed by atoms with Crippen LogP contribution in [0.15, 0.2) is 174 Å². The number of benzene rings is 6. The van der Waals surface area contributed by atoms with Gasteiger partial charge in [-0.2, -0.15) is 0 Å². The lowest BCUT2D eigenvalue weighted by molar-refractivity contribution is 0.279. The van der Waals surface area contributed by atoms with Crippen molar-refractivity contribution < 1.29 is 4.74 Å². The summed E-state index contributed by atoms with van der Waals surface area (Å²) < 4.78 is 8.29. The average molecular weight is 814 g/mol. The van der Waals surface area contributed by atoms with E-state index in [1.54, 1.807) is 0 Å². The van der Waals surface area contributed by atoms with E-state index in [9.17, 15) is 0 Å². The number of nitrogens with zero attached hydrogens (tertiary/aromatic N) is 1. The maximum atomic E-state index is 6.96. The van der Waals surface area contributed by atoms with Gasteiger partial charge >= 0.3 is 0 Å². The second kappa shape index (κ2) is 17.9. The SMILES string of the molecule is C/C=C\c1sc2cc(-c3ccccc3)cc(C3=CC(C(C)C(CC)/C(=N\C(CCC)c4ccc(-c5ccccc5)cc4)c4ccccc4)=C4c5ccccc5OC4C3)c2c1C. The highest BCUT2D eigenvalue weighted by Crippen LogP contribution is 2.51. The van der Waals surface area contributed by atoms with Gasteiger partial charge in [0.15, 0.2) is 0 Å². The van der Waals surface area contributed by atoms with Crippen molar-refractivity contribution in [2.45, 2.75) is 72.4 Å². The quantitative estimate of drug-likeness (QED) is 0.106. The van der Waals surface area contributed by atoms with Crippen LogP contribution in [-0.4, -0.2) is 11.8 Å². The Morgan fingerprint density at radius 1 is 0.754 bits per heavy atom. The molecule has 2 aliphatic rings. The van der Waals surface area contributed by atoms with Gasteiger partial charge in [0.2, 0.25) is 0 Å². The summed E-state index contributed by atoms with van der Waals surface area (Å²) in [6, 6.07) is 55.2. The smallest absolute Gasteiger partial charge is 0.129 e. The van der Waals surface area contributed by atoms with E-state index in [2.05, 4.69) is 205 Å². The lowest BCUT2D eigenvalue weighted by atomic mass is 9.73. The third kappa shape index (κ3) is 8.00. The summed E-state index contributed by atoms with van der Waals surface area (Å²) in [5, 5.41) is 1.36. The van der Waals surface area contributed by atoms with E-state index in [1.807, 2.05) is 11.3 Å². The predicted molar refractivity (Wildman–Crippen MR) is 263 cm³/mol. The maximum Gasteiger partial charge on any atom is 0.129 e. The summed E-state index contributed by atoms with van der Waals surface area (Å²) >= 11 is 1.90. The van der Waals surface area contributed by atoms with Gasteiger partial charge in [0.1, 0.15) is 11.9 Å². The molecule has 61 heavy (non-hydrogen) atoms. The zero-order chi connectivity index (χ0) is 41.9. The average Bonchev–Trinajstić information content (AvgIpc) is 3.85. The number of allylic oxidation sites excluding steroid dienone is 3. The number of rotatable bonds is 13. The van der Waals surface area contributed by atoms with Crippen molar-refractivity contribution in [1.82, 2.24) is 0 Å². The lowest BCUT2D eigenvalue weighted by Crippen LogP contribution is -2.28. The number of ether oxygens (including phenoxy) is 1. The molecule has 4 unspecified atom stereocenters. The Kier molecular flexibility index (Phi) is 11.9. The molecule has 0 N–H and O–H groups in total. The van der Waals surface area contributed by atoms with E-state index in [1.165, 1.54) is 87.5 Å². The molecule has 1 aliphatic carbocycles. The summed E-state index contributed by atoms with van der Waals surface area (Å²) in [6.07, 6.45) is 10.7. The Bertz CT molecular complexity index is 2770. The summed E-state index contributed by atoms with van der Waals surface area (Å²) in [6.45, 7) is 11.5. The fraction of sp³-hybridized carbons (Fsp3) is 0.224. The highest BCUT2D eigenvalue weighted by molar-refractivity contribution is 7.20. The first-order valence-corrected chi connectivity index (χ1v) is 23.0. The number of aliphatic imine (C=N–C) groups is 1. The predicted octanol–water partition coefficient (Wildman–Crippen LogP) is 16.3. The molecule has 2 heterocycles. The van der Waals surface area contributed by atoms with Gasteiger partial charge in [-0.15, -0.1) is 11.3 Å². The first-order chi connectivity index (χ1) is 29.9. The first-order valence-electron chi connectivity index (χ1n) is 22.2. The third-order valence-electron chi connectivity index (χ3n) is 12.9. The molecule has 304 valence electrons. The molecule has 0 saturated carbocycles.